The first-order valence-corrected chi connectivity index (χ1v) is 7.98. The Bertz CT molecular complexity index is 471. The molecule has 4 nitrogen and oxygen atoms in total. The van der Waals surface area contributed by atoms with Crippen LogP contribution in [-0.4, -0.2) is 22.5 Å². The Morgan fingerprint density at radius 1 is 1.14 bits per heavy atom. The molecular formula is C17H27N3O. The van der Waals surface area contributed by atoms with Gasteiger partial charge in [0.15, 0.2) is 0 Å². The zero-order chi connectivity index (χ0) is 15.3. The molecule has 1 aromatic heterocycles. The molecule has 2 rings (SSSR count). The third-order valence-electron chi connectivity index (χ3n) is 3.71. The summed E-state index contributed by atoms with van der Waals surface area (Å²) in [5.74, 6) is -0.00745. The lowest BCUT2D eigenvalue weighted by Gasteiger charge is -2.22. The minimum absolute atomic E-state index is 0.00745. The van der Waals surface area contributed by atoms with E-state index in [1.165, 1.54) is 25.7 Å². The summed E-state index contributed by atoms with van der Waals surface area (Å²) in [4.78, 5) is 16.5. The van der Waals surface area contributed by atoms with E-state index in [4.69, 9.17) is 0 Å². The molecule has 0 atom stereocenters. The minimum Gasteiger partial charge on any atom is -0.379 e. The van der Waals surface area contributed by atoms with Crippen LogP contribution >= 0.6 is 0 Å². The highest BCUT2D eigenvalue weighted by Crippen LogP contribution is 2.18. The smallest absolute Gasteiger partial charge is 0.253 e. The van der Waals surface area contributed by atoms with Crippen molar-refractivity contribution >= 4 is 11.6 Å². The van der Waals surface area contributed by atoms with E-state index in [0.29, 0.717) is 11.6 Å². The first-order chi connectivity index (χ1) is 9.94. The Morgan fingerprint density at radius 3 is 2.43 bits per heavy atom. The highest BCUT2D eigenvalue weighted by molar-refractivity contribution is 5.94. The van der Waals surface area contributed by atoms with Gasteiger partial charge in [0.25, 0.3) is 5.91 Å². The second-order valence-corrected chi connectivity index (χ2v) is 7.00. The van der Waals surface area contributed by atoms with Gasteiger partial charge in [-0.15, -0.1) is 0 Å². The third kappa shape index (κ3) is 5.37. The summed E-state index contributed by atoms with van der Waals surface area (Å²) in [6, 6.07) is 2.20. The van der Waals surface area contributed by atoms with Crippen molar-refractivity contribution in [3.8, 4) is 0 Å². The Kier molecular flexibility index (Phi) is 5.21. The Balaban J connectivity index is 2.00. The second kappa shape index (κ2) is 6.92. The van der Waals surface area contributed by atoms with Gasteiger partial charge in [-0.3, -0.25) is 9.78 Å². The summed E-state index contributed by atoms with van der Waals surface area (Å²) in [5.41, 5.74) is 1.47. The van der Waals surface area contributed by atoms with Crippen LogP contribution < -0.4 is 10.6 Å². The molecule has 0 saturated heterocycles. The lowest BCUT2D eigenvalue weighted by Crippen LogP contribution is -2.34. The van der Waals surface area contributed by atoms with Crippen LogP contribution in [0.1, 0.15) is 69.7 Å². The summed E-state index contributed by atoms with van der Waals surface area (Å²) in [6.07, 6.45) is 10.6. The van der Waals surface area contributed by atoms with E-state index in [-0.39, 0.29) is 11.4 Å². The van der Waals surface area contributed by atoms with Crippen LogP contribution in [0.5, 0.6) is 0 Å². The maximum atomic E-state index is 12.4. The van der Waals surface area contributed by atoms with Gasteiger partial charge in [0, 0.05) is 24.0 Å². The van der Waals surface area contributed by atoms with E-state index in [1.54, 1.807) is 12.4 Å². The molecule has 1 saturated carbocycles. The van der Waals surface area contributed by atoms with Crippen LogP contribution in [0.4, 0.5) is 5.69 Å². The number of anilines is 1. The molecule has 4 heteroatoms. The SMILES string of the molecule is CC(C)(C)Nc1cncc(C(=O)NC2CCCCCC2)c1. The molecule has 0 unspecified atom stereocenters. The summed E-state index contributed by atoms with van der Waals surface area (Å²) < 4.78 is 0. The van der Waals surface area contributed by atoms with E-state index in [9.17, 15) is 4.79 Å². The minimum atomic E-state index is -0.0436. The zero-order valence-electron chi connectivity index (χ0n) is 13.4. The summed E-state index contributed by atoms with van der Waals surface area (Å²) in [6.45, 7) is 6.27. The van der Waals surface area contributed by atoms with Crippen molar-refractivity contribution in [2.75, 3.05) is 5.32 Å². The lowest BCUT2D eigenvalue weighted by atomic mass is 10.1. The van der Waals surface area contributed by atoms with Gasteiger partial charge < -0.3 is 10.6 Å². The number of aromatic nitrogens is 1. The van der Waals surface area contributed by atoms with Crippen molar-refractivity contribution in [2.45, 2.75) is 70.9 Å². The highest BCUT2D eigenvalue weighted by atomic mass is 16.1. The molecule has 1 aromatic rings. The topological polar surface area (TPSA) is 54.0 Å². The molecule has 0 bridgehead atoms. The molecule has 1 aliphatic rings. The van der Waals surface area contributed by atoms with Crippen LogP contribution in [0, 0.1) is 0 Å². The van der Waals surface area contributed by atoms with Crippen molar-refractivity contribution in [1.82, 2.24) is 10.3 Å². The molecule has 2 N–H and O–H groups in total. The number of nitrogens with zero attached hydrogens (tertiary/aromatic N) is 1. The summed E-state index contributed by atoms with van der Waals surface area (Å²) in [5, 5.41) is 6.51. The van der Waals surface area contributed by atoms with Gasteiger partial charge in [0.05, 0.1) is 11.3 Å². The standard InChI is InChI=1S/C17H27N3O/c1-17(2,3)20-15-10-13(11-18-12-15)16(21)19-14-8-6-4-5-7-9-14/h10-12,14,20H,4-9H2,1-3H3,(H,19,21). The molecule has 0 aliphatic heterocycles. The molecule has 1 aliphatic carbocycles. The first-order valence-electron chi connectivity index (χ1n) is 7.98. The number of carbonyl (C=O) groups excluding carboxylic acids is 1. The quantitative estimate of drug-likeness (QED) is 0.833. The largest absolute Gasteiger partial charge is 0.379 e. The molecule has 1 fully saturated rings. The molecule has 21 heavy (non-hydrogen) atoms. The zero-order valence-corrected chi connectivity index (χ0v) is 13.4. The average molecular weight is 289 g/mol. The van der Waals surface area contributed by atoms with Gasteiger partial charge in [-0.05, 0) is 39.7 Å². The Morgan fingerprint density at radius 2 is 1.81 bits per heavy atom. The number of rotatable bonds is 3. The molecular weight excluding hydrogens is 262 g/mol. The summed E-state index contributed by atoms with van der Waals surface area (Å²) >= 11 is 0. The molecule has 0 radical (unpaired) electrons. The van der Waals surface area contributed by atoms with Crippen LogP contribution in [0.3, 0.4) is 0 Å². The Hall–Kier alpha value is -1.58. The van der Waals surface area contributed by atoms with E-state index >= 15 is 0 Å². The van der Waals surface area contributed by atoms with Gasteiger partial charge in [0.2, 0.25) is 0 Å². The summed E-state index contributed by atoms with van der Waals surface area (Å²) in [7, 11) is 0. The number of nitrogens with one attached hydrogen (secondary N) is 2. The molecule has 1 amide bonds. The van der Waals surface area contributed by atoms with Crippen molar-refractivity contribution in [1.29, 1.82) is 0 Å². The highest BCUT2D eigenvalue weighted by Gasteiger charge is 2.17. The Labute approximate surface area is 127 Å². The average Bonchev–Trinajstić information content (AvgIpc) is 2.65. The van der Waals surface area contributed by atoms with E-state index in [1.807, 2.05) is 6.07 Å². The number of hydrogen-bond acceptors (Lipinski definition) is 3. The van der Waals surface area contributed by atoms with Crippen LogP contribution in [0.2, 0.25) is 0 Å². The normalized spacial score (nSPS) is 17.1. The molecule has 1 heterocycles. The molecule has 0 aromatic carbocycles. The molecule has 116 valence electrons. The first kappa shape index (κ1) is 15.8. The van der Waals surface area contributed by atoms with E-state index in [2.05, 4.69) is 36.4 Å². The van der Waals surface area contributed by atoms with Crippen LogP contribution in [0.15, 0.2) is 18.5 Å². The fourth-order valence-corrected chi connectivity index (χ4v) is 2.76. The van der Waals surface area contributed by atoms with Gasteiger partial charge in [-0.2, -0.15) is 0 Å². The van der Waals surface area contributed by atoms with Crippen molar-refractivity contribution in [3.63, 3.8) is 0 Å². The van der Waals surface area contributed by atoms with Crippen LogP contribution in [-0.2, 0) is 0 Å². The number of amides is 1. The van der Waals surface area contributed by atoms with Crippen molar-refractivity contribution < 1.29 is 4.79 Å². The maximum Gasteiger partial charge on any atom is 0.253 e. The fraction of sp³-hybridized carbons (Fsp3) is 0.647. The maximum absolute atomic E-state index is 12.4. The predicted molar refractivity (Wildman–Crippen MR) is 86.6 cm³/mol. The number of hydrogen-bond donors (Lipinski definition) is 2. The number of pyridine rings is 1. The molecule has 0 spiro atoms. The monoisotopic (exact) mass is 289 g/mol. The fourth-order valence-electron chi connectivity index (χ4n) is 2.76. The van der Waals surface area contributed by atoms with E-state index in [0.717, 1.165) is 18.5 Å². The van der Waals surface area contributed by atoms with Crippen LogP contribution in [0.25, 0.3) is 0 Å². The predicted octanol–water partition coefficient (Wildman–Crippen LogP) is 3.74. The van der Waals surface area contributed by atoms with Gasteiger partial charge in [-0.25, -0.2) is 0 Å². The number of carbonyl (C=O) groups is 1. The van der Waals surface area contributed by atoms with Gasteiger partial charge in [0.1, 0.15) is 0 Å². The third-order valence-corrected chi connectivity index (χ3v) is 3.71. The second-order valence-electron chi connectivity index (χ2n) is 7.00. The van der Waals surface area contributed by atoms with Crippen molar-refractivity contribution in [3.05, 3.63) is 24.0 Å². The van der Waals surface area contributed by atoms with E-state index < -0.39 is 0 Å². The lowest BCUT2D eigenvalue weighted by molar-refractivity contribution is 0.0933. The van der Waals surface area contributed by atoms with Gasteiger partial charge >= 0.3 is 0 Å². The van der Waals surface area contributed by atoms with Gasteiger partial charge in [-0.1, -0.05) is 25.7 Å². The van der Waals surface area contributed by atoms with Crippen molar-refractivity contribution in [2.24, 2.45) is 0 Å².